The number of carbonyl (C=O) groups is 1. The fraction of sp³-hybridized carbons (Fsp3) is 0.571. The normalized spacial score (nSPS) is 18.1. The van der Waals surface area contributed by atoms with Crippen LogP contribution in [0.2, 0.25) is 0 Å². The van der Waals surface area contributed by atoms with E-state index in [-0.39, 0.29) is 29.6 Å². The van der Waals surface area contributed by atoms with Gasteiger partial charge in [0.05, 0.1) is 23.6 Å². The van der Waals surface area contributed by atoms with Gasteiger partial charge in [0.15, 0.2) is 5.76 Å². The van der Waals surface area contributed by atoms with Gasteiger partial charge in [-0.3, -0.25) is 4.79 Å². The lowest BCUT2D eigenvalue weighted by atomic mass is 10.0. The van der Waals surface area contributed by atoms with Crippen molar-refractivity contribution < 1.29 is 19.7 Å². The summed E-state index contributed by atoms with van der Waals surface area (Å²) in [5.41, 5.74) is 1.11. The maximum atomic E-state index is 11.8. The van der Waals surface area contributed by atoms with E-state index in [0.29, 0.717) is 12.1 Å². The predicted octanol–water partition coefficient (Wildman–Crippen LogP) is 1.42. The topological polar surface area (TPSA) is 103 Å². The number of ether oxygens (including phenoxy) is 1. The molecular weight excluding hydrogens is 260 g/mol. The Morgan fingerprint density at radius 3 is 2.45 bits per heavy atom. The molecule has 1 aliphatic rings. The van der Waals surface area contributed by atoms with Gasteiger partial charge in [-0.2, -0.15) is 0 Å². The number of aliphatic hydroxyl groups excluding tert-OH is 2. The lowest BCUT2D eigenvalue weighted by Gasteiger charge is -2.17. The largest absolute Gasteiger partial charge is 0.505 e. The summed E-state index contributed by atoms with van der Waals surface area (Å²) >= 11 is 0. The van der Waals surface area contributed by atoms with Crippen LogP contribution in [0.25, 0.3) is 0 Å². The van der Waals surface area contributed by atoms with Crippen molar-refractivity contribution >= 4 is 11.6 Å². The molecule has 2 atom stereocenters. The smallest absolute Gasteiger partial charge is 0.261 e. The number of aliphatic hydroxyl groups is 2. The number of methoxy groups -OCH3 is 1. The molecule has 0 radical (unpaired) electrons. The van der Waals surface area contributed by atoms with Gasteiger partial charge in [-0.15, -0.1) is 0 Å². The van der Waals surface area contributed by atoms with E-state index in [0.717, 1.165) is 5.57 Å². The zero-order chi connectivity index (χ0) is 15.4. The predicted molar refractivity (Wildman–Crippen MR) is 75.6 cm³/mol. The lowest BCUT2D eigenvalue weighted by Crippen LogP contribution is -2.25. The van der Waals surface area contributed by atoms with Gasteiger partial charge < -0.3 is 25.7 Å². The van der Waals surface area contributed by atoms with Crippen LogP contribution in [0.1, 0.15) is 33.6 Å². The minimum Gasteiger partial charge on any atom is -0.505 e. The molecule has 6 heteroatoms. The quantitative estimate of drug-likeness (QED) is 0.553. The van der Waals surface area contributed by atoms with Crippen LogP contribution in [0, 0.1) is 5.41 Å². The molecule has 0 aromatic rings. The van der Waals surface area contributed by atoms with Crippen LogP contribution in [-0.2, 0) is 9.53 Å². The Labute approximate surface area is 118 Å². The standard InChI is InChI=1S/C14H22N2O4/c1-7(2)12-13(18)11(14(19)16-12)10(15)6-9(20-4)5-8(3)17/h8-9,15,17-18H,5-6H2,1-4H3,(H,16,19)/t8-,9+/m0/s1. The maximum Gasteiger partial charge on any atom is 0.261 e. The second-order valence-electron chi connectivity index (χ2n) is 5.18. The number of hydrogen-bond acceptors (Lipinski definition) is 5. The molecule has 0 saturated heterocycles. The zero-order valence-electron chi connectivity index (χ0n) is 12.3. The van der Waals surface area contributed by atoms with Crippen LogP contribution < -0.4 is 5.32 Å². The third kappa shape index (κ3) is 3.68. The molecular formula is C14H22N2O4. The highest BCUT2D eigenvalue weighted by Gasteiger charge is 2.31. The first kappa shape index (κ1) is 16.4. The molecule has 0 spiro atoms. The number of amides is 1. The Morgan fingerprint density at radius 1 is 1.45 bits per heavy atom. The molecule has 20 heavy (non-hydrogen) atoms. The van der Waals surface area contributed by atoms with Crippen LogP contribution in [0.15, 0.2) is 22.6 Å². The van der Waals surface area contributed by atoms with Gasteiger partial charge in [-0.25, -0.2) is 0 Å². The van der Waals surface area contributed by atoms with E-state index in [1.54, 1.807) is 20.8 Å². The zero-order valence-corrected chi connectivity index (χ0v) is 12.3. The monoisotopic (exact) mass is 282 g/mol. The van der Waals surface area contributed by atoms with E-state index in [4.69, 9.17) is 10.1 Å². The average Bonchev–Trinajstić information content (AvgIpc) is 2.63. The van der Waals surface area contributed by atoms with Gasteiger partial charge in [-0.05, 0) is 32.8 Å². The minimum atomic E-state index is -0.555. The minimum absolute atomic E-state index is 0.00347. The average molecular weight is 282 g/mol. The van der Waals surface area contributed by atoms with Crippen molar-refractivity contribution in [1.82, 2.24) is 5.32 Å². The Hall–Kier alpha value is -1.66. The number of hydrogen-bond donors (Lipinski definition) is 4. The van der Waals surface area contributed by atoms with Crippen molar-refractivity contribution in [3.05, 3.63) is 22.6 Å². The molecule has 1 amide bonds. The van der Waals surface area contributed by atoms with Crippen molar-refractivity contribution in [3.63, 3.8) is 0 Å². The van der Waals surface area contributed by atoms with E-state index in [9.17, 15) is 15.0 Å². The van der Waals surface area contributed by atoms with Gasteiger partial charge in [0.1, 0.15) is 5.57 Å². The van der Waals surface area contributed by atoms with Crippen molar-refractivity contribution in [1.29, 1.82) is 5.41 Å². The number of nitrogens with one attached hydrogen (secondary N) is 2. The summed E-state index contributed by atoms with van der Waals surface area (Å²) < 4.78 is 5.19. The van der Waals surface area contributed by atoms with E-state index in [1.165, 1.54) is 7.11 Å². The SMILES string of the molecule is CO[C@@H](CC(=N)C1=C(O)C(=C(C)C)NC1=O)C[C@H](C)O. The molecule has 0 bridgehead atoms. The van der Waals surface area contributed by atoms with Gasteiger partial charge in [0.25, 0.3) is 5.91 Å². The molecule has 0 saturated carbocycles. The van der Waals surface area contributed by atoms with Crippen LogP contribution in [-0.4, -0.2) is 41.1 Å². The Balaban J connectivity index is 2.91. The van der Waals surface area contributed by atoms with Gasteiger partial charge in [0, 0.05) is 13.5 Å². The molecule has 0 aliphatic carbocycles. The van der Waals surface area contributed by atoms with Crippen molar-refractivity contribution in [3.8, 4) is 0 Å². The number of rotatable bonds is 6. The molecule has 112 valence electrons. The summed E-state index contributed by atoms with van der Waals surface area (Å²) in [6.45, 7) is 5.17. The molecule has 1 heterocycles. The molecule has 0 unspecified atom stereocenters. The summed E-state index contributed by atoms with van der Waals surface area (Å²) in [6.07, 6.45) is -0.402. The third-order valence-electron chi connectivity index (χ3n) is 3.11. The van der Waals surface area contributed by atoms with E-state index >= 15 is 0 Å². The number of carbonyl (C=O) groups excluding carboxylic acids is 1. The van der Waals surface area contributed by atoms with Crippen molar-refractivity contribution in [2.75, 3.05) is 7.11 Å². The van der Waals surface area contributed by atoms with E-state index in [2.05, 4.69) is 5.32 Å². The summed E-state index contributed by atoms with van der Waals surface area (Å²) in [6, 6.07) is 0. The highest BCUT2D eigenvalue weighted by molar-refractivity contribution is 6.23. The molecule has 6 nitrogen and oxygen atoms in total. The lowest BCUT2D eigenvalue weighted by molar-refractivity contribution is -0.115. The number of allylic oxidation sites excluding steroid dienone is 1. The maximum absolute atomic E-state index is 11.8. The highest BCUT2D eigenvalue weighted by atomic mass is 16.5. The first-order valence-electron chi connectivity index (χ1n) is 6.49. The van der Waals surface area contributed by atoms with Gasteiger partial charge in [0.2, 0.25) is 0 Å². The summed E-state index contributed by atoms with van der Waals surface area (Å²) in [4.78, 5) is 11.8. The van der Waals surface area contributed by atoms with Crippen LogP contribution in [0.4, 0.5) is 0 Å². The molecule has 0 aromatic heterocycles. The molecule has 1 rings (SSSR count). The molecule has 0 aromatic carbocycles. The highest BCUT2D eigenvalue weighted by Crippen LogP contribution is 2.24. The Bertz CT molecular complexity index is 474. The first-order chi connectivity index (χ1) is 9.27. The van der Waals surface area contributed by atoms with Crippen LogP contribution in [0.5, 0.6) is 0 Å². The second-order valence-corrected chi connectivity index (χ2v) is 5.18. The Kier molecular flexibility index (Phi) is 5.47. The van der Waals surface area contributed by atoms with Crippen molar-refractivity contribution in [2.45, 2.75) is 45.8 Å². The summed E-state index contributed by atoms with van der Waals surface area (Å²) in [5.74, 6) is -0.664. The molecule has 1 aliphatic heterocycles. The van der Waals surface area contributed by atoms with Gasteiger partial charge in [-0.1, -0.05) is 0 Å². The fourth-order valence-corrected chi connectivity index (χ4v) is 2.08. The van der Waals surface area contributed by atoms with Crippen LogP contribution in [0.3, 0.4) is 0 Å². The summed E-state index contributed by atoms with van der Waals surface area (Å²) in [5, 5.41) is 29.9. The van der Waals surface area contributed by atoms with Crippen LogP contribution >= 0.6 is 0 Å². The second kappa shape index (κ2) is 6.67. The first-order valence-corrected chi connectivity index (χ1v) is 6.49. The Morgan fingerprint density at radius 2 is 2.05 bits per heavy atom. The summed E-state index contributed by atoms with van der Waals surface area (Å²) in [7, 11) is 1.49. The fourth-order valence-electron chi connectivity index (χ4n) is 2.08. The molecule has 0 fully saturated rings. The van der Waals surface area contributed by atoms with Gasteiger partial charge >= 0.3 is 0 Å². The third-order valence-corrected chi connectivity index (χ3v) is 3.11. The van der Waals surface area contributed by atoms with E-state index < -0.39 is 12.0 Å². The van der Waals surface area contributed by atoms with Crippen molar-refractivity contribution in [2.24, 2.45) is 0 Å². The van der Waals surface area contributed by atoms with E-state index in [1.807, 2.05) is 0 Å². The molecule has 4 N–H and O–H groups in total.